The first kappa shape index (κ1) is 19.6. The van der Waals surface area contributed by atoms with Crippen molar-refractivity contribution < 1.29 is 13.2 Å². The number of likely N-dealkylation sites (tertiary alicyclic amines) is 1. The summed E-state index contributed by atoms with van der Waals surface area (Å²) in [6, 6.07) is 16.9. The van der Waals surface area contributed by atoms with E-state index in [0.717, 1.165) is 38.6 Å². The van der Waals surface area contributed by atoms with E-state index in [4.69, 9.17) is 0 Å². The van der Waals surface area contributed by atoms with E-state index >= 15 is 0 Å². The summed E-state index contributed by atoms with van der Waals surface area (Å²) in [5, 5.41) is 2.81. The minimum atomic E-state index is -3.28. The Morgan fingerprint density at radius 2 is 1.78 bits per heavy atom. The van der Waals surface area contributed by atoms with Crippen LogP contribution in [0, 0.1) is 5.92 Å². The number of nitrogens with one attached hydrogen (secondary N) is 1. The fourth-order valence-corrected chi connectivity index (χ4v) is 4.17. The number of hydrogen-bond acceptors (Lipinski definition) is 4. The number of carbonyl (C=O) groups is 1. The molecule has 1 aliphatic rings. The predicted octanol–water partition coefficient (Wildman–Crippen LogP) is 2.98. The second-order valence-corrected chi connectivity index (χ2v) is 9.27. The van der Waals surface area contributed by atoms with Crippen molar-refractivity contribution in [1.82, 2.24) is 4.90 Å². The van der Waals surface area contributed by atoms with Crippen molar-refractivity contribution >= 4 is 21.4 Å². The molecule has 1 aliphatic heterocycles. The summed E-state index contributed by atoms with van der Waals surface area (Å²) in [5.74, 6) is 0.556. The topological polar surface area (TPSA) is 66.5 Å². The Morgan fingerprint density at radius 1 is 1.07 bits per heavy atom. The monoisotopic (exact) mass is 386 g/mol. The number of sulfone groups is 1. The van der Waals surface area contributed by atoms with Gasteiger partial charge in [0, 0.05) is 11.9 Å². The largest absolute Gasteiger partial charge is 0.325 e. The van der Waals surface area contributed by atoms with E-state index in [2.05, 4.69) is 34.5 Å². The number of carbonyl (C=O) groups excluding carboxylic acids is 1. The highest BCUT2D eigenvalue weighted by atomic mass is 32.2. The lowest BCUT2D eigenvalue weighted by atomic mass is 9.90. The van der Waals surface area contributed by atoms with Crippen LogP contribution in [0.1, 0.15) is 18.4 Å². The highest BCUT2D eigenvalue weighted by Gasteiger charge is 2.21. The zero-order chi connectivity index (χ0) is 19.3. The Bertz CT molecular complexity index is 873. The number of rotatable bonds is 6. The standard InChI is InChI=1S/C21H26N2O3S/c1-27(25,26)20-9-5-8-19(15-20)22-21(24)16-23-12-10-18(11-13-23)14-17-6-3-2-4-7-17/h2-9,15,18H,10-14,16H2,1H3,(H,22,24). The summed E-state index contributed by atoms with van der Waals surface area (Å²) in [5.41, 5.74) is 1.89. The Hall–Kier alpha value is -2.18. The van der Waals surface area contributed by atoms with Gasteiger partial charge in [0.05, 0.1) is 11.4 Å². The third-order valence-electron chi connectivity index (χ3n) is 4.99. The maximum atomic E-state index is 12.3. The van der Waals surface area contributed by atoms with E-state index < -0.39 is 9.84 Å². The smallest absolute Gasteiger partial charge is 0.238 e. The first-order chi connectivity index (χ1) is 12.9. The van der Waals surface area contributed by atoms with Crippen LogP contribution in [0.3, 0.4) is 0 Å². The molecule has 0 aliphatic carbocycles. The lowest BCUT2D eigenvalue weighted by Gasteiger charge is -2.31. The van der Waals surface area contributed by atoms with Gasteiger partial charge in [-0.05, 0) is 62.0 Å². The first-order valence-electron chi connectivity index (χ1n) is 9.26. The highest BCUT2D eigenvalue weighted by molar-refractivity contribution is 7.90. The van der Waals surface area contributed by atoms with Crippen LogP contribution in [-0.2, 0) is 21.1 Å². The Kier molecular flexibility index (Phi) is 6.29. The van der Waals surface area contributed by atoms with Crippen molar-refractivity contribution in [3.05, 3.63) is 60.2 Å². The minimum Gasteiger partial charge on any atom is -0.325 e. The van der Waals surface area contributed by atoms with E-state index in [9.17, 15) is 13.2 Å². The van der Waals surface area contributed by atoms with Crippen molar-refractivity contribution in [3.8, 4) is 0 Å². The van der Waals surface area contributed by atoms with Crippen molar-refractivity contribution in [1.29, 1.82) is 0 Å². The van der Waals surface area contributed by atoms with Gasteiger partial charge >= 0.3 is 0 Å². The molecule has 2 aromatic rings. The first-order valence-corrected chi connectivity index (χ1v) is 11.2. The van der Waals surface area contributed by atoms with Gasteiger partial charge in [-0.25, -0.2) is 8.42 Å². The molecule has 3 rings (SSSR count). The number of amides is 1. The Balaban J connectivity index is 1.47. The molecule has 0 spiro atoms. The van der Waals surface area contributed by atoms with Crippen LogP contribution in [0.5, 0.6) is 0 Å². The van der Waals surface area contributed by atoms with E-state index in [0.29, 0.717) is 18.2 Å². The lowest BCUT2D eigenvalue weighted by Crippen LogP contribution is -2.39. The van der Waals surface area contributed by atoms with Crippen LogP contribution < -0.4 is 5.32 Å². The Labute approximate surface area is 161 Å². The SMILES string of the molecule is CS(=O)(=O)c1cccc(NC(=O)CN2CCC(Cc3ccccc3)CC2)c1. The van der Waals surface area contributed by atoms with Gasteiger partial charge < -0.3 is 5.32 Å². The molecular weight excluding hydrogens is 360 g/mol. The third kappa shape index (κ3) is 5.91. The molecule has 1 amide bonds. The van der Waals surface area contributed by atoms with Gasteiger partial charge in [-0.15, -0.1) is 0 Å². The minimum absolute atomic E-state index is 0.109. The van der Waals surface area contributed by atoms with Crippen molar-refractivity contribution in [3.63, 3.8) is 0 Å². The average molecular weight is 387 g/mol. The molecule has 27 heavy (non-hydrogen) atoms. The van der Waals surface area contributed by atoms with E-state index in [1.54, 1.807) is 12.1 Å². The molecule has 0 saturated carbocycles. The predicted molar refractivity (Wildman–Crippen MR) is 107 cm³/mol. The molecule has 1 heterocycles. The normalized spacial score (nSPS) is 16.2. The van der Waals surface area contributed by atoms with Crippen LogP contribution in [-0.4, -0.2) is 45.1 Å². The van der Waals surface area contributed by atoms with Gasteiger partial charge in [-0.2, -0.15) is 0 Å². The highest BCUT2D eigenvalue weighted by Crippen LogP contribution is 2.22. The molecule has 0 atom stereocenters. The summed E-state index contributed by atoms with van der Waals surface area (Å²) < 4.78 is 23.3. The molecule has 0 unspecified atom stereocenters. The van der Waals surface area contributed by atoms with E-state index in [1.165, 1.54) is 17.7 Å². The number of hydrogen-bond donors (Lipinski definition) is 1. The molecule has 144 valence electrons. The van der Waals surface area contributed by atoms with Crippen molar-refractivity contribution in [2.75, 3.05) is 31.2 Å². The second-order valence-electron chi connectivity index (χ2n) is 7.26. The fourth-order valence-electron chi connectivity index (χ4n) is 3.50. The number of anilines is 1. The molecule has 1 saturated heterocycles. The lowest BCUT2D eigenvalue weighted by molar-refractivity contribution is -0.117. The van der Waals surface area contributed by atoms with Crippen LogP contribution in [0.2, 0.25) is 0 Å². The van der Waals surface area contributed by atoms with Gasteiger partial charge in [0.15, 0.2) is 9.84 Å². The average Bonchev–Trinajstić information content (AvgIpc) is 2.64. The van der Waals surface area contributed by atoms with Gasteiger partial charge in [-0.1, -0.05) is 36.4 Å². The molecule has 1 fully saturated rings. The van der Waals surface area contributed by atoms with Crippen molar-refractivity contribution in [2.45, 2.75) is 24.2 Å². The van der Waals surface area contributed by atoms with Gasteiger partial charge in [0.2, 0.25) is 5.91 Å². The molecule has 2 aromatic carbocycles. The Morgan fingerprint density at radius 3 is 2.44 bits per heavy atom. The van der Waals surface area contributed by atoms with Gasteiger partial charge in [0.25, 0.3) is 0 Å². The van der Waals surface area contributed by atoms with Crippen LogP contribution >= 0.6 is 0 Å². The molecule has 0 aromatic heterocycles. The zero-order valence-electron chi connectivity index (χ0n) is 15.6. The maximum Gasteiger partial charge on any atom is 0.238 e. The summed E-state index contributed by atoms with van der Waals surface area (Å²) in [6.45, 7) is 2.16. The summed E-state index contributed by atoms with van der Waals surface area (Å²) in [4.78, 5) is 14.7. The quantitative estimate of drug-likeness (QED) is 0.829. The van der Waals surface area contributed by atoms with Crippen molar-refractivity contribution in [2.24, 2.45) is 5.92 Å². The molecule has 5 nitrogen and oxygen atoms in total. The number of piperidine rings is 1. The fraction of sp³-hybridized carbons (Fsp3) is 0.381. The molecular formula is C21H26N2O3S. The maximum absolute atomic E-state index is 12.3. The number of benzene rings is 2. The van der Waals surface area contributed by atoms with Gasteiger partial charge in [0.1, 0.15) is 0 Å². The van der Waals surface area contributed by atoms with E-state index in [-0.39, 0.29) is 10.8 Å². The zero-order valence-corrected chi connectivity index (χ0v) is 16.4. The summed E-state index contributed by atoms with van der Waals surface area (Å²) in [7, 11) is -3.28. The second kappa shape index (κ2) is 8.67. The van der Waals surface area contributed by atoms with Gasteiger partial charge in [-0.3, -0.25) is 9.69 Å². The summed E-state index contributed by atoms with van der Waals surface area (Å²) in [6.07, 6.45) is 4.43. The number of nitrogens with zero attached hydrogens (tertiary/aromatic N) is 1. The molecule has 0 bridgehead atoms. The van der Waals surface area contributed by atoms with E-state index in [1.807, 2.05) is 6.07 Å². The summed E-state index contributed by atoms with van der Waals surface area (Å²) >= 11 is 0. The molecule has 6 heteroatoms. The van der Waals surface area contributed by atoms with Crippen LogP contribution in [0.25, 0.3) is 0 Å². The molecule has 1 N–H and O–H groups in total. The van der Waals surface area contributed by atoms with Crippen LogP contribution in [0.4, 0.5) is 5.69 Å². The van der Waals surface area contributed by atoms with Crippen LogP contribution in [0.15, 0.2) is 59.5 Å². The molecule has 0 radical (unpaired) electrons. The third-order valence-corrected chi connectivity index (χ3v) is 6.10.